The van der Waals surface area contributed by atoms with Crippen LogP contribution in [0.1, 0.15) is 40.8 Å². The van der Waals surface area contributed by atoms with Crippen LogP contribution >= 0.6 is 11.3 Å². The van der Waals surface area contributed by atoms with Gasteiger partial charge in [-0.1, -0.05) is 18.6 Å². The summed E-state index contributed by atoms with van der Waals surface area (Å²) in [6, 6.07) is 9.59. The summed E-state index contributed by atoms with van der Waals surface area (Å²) < 4.78 is 6.02. The number of fused-ring (bicyclic) bond motifs is 3. The number of aromatic nitrogens is 2. The second-order valence-electron chi connectivity index (χ2n) is 6.02. The number of nitrogens with zero attached hydrogens (tertiary/aromatic N) is 3. The molecule has 0 bridgehead atoms. The van der Waals surface area contributed by atoms with E-state index in [0.29, 0.717) is 18.1 Å². The molecule has 0 unspecified atom stereocenters. The quantitative estimate of drug-likeness (QED) is 0.665. The highest BCUT2D eigenvalue weighted by Gasteiger charge is 2.19. The lowest BCUT2D eigenvalue weighted by Crippen LogP contribution is -1.99. The average molecular weight is 335 g/mol. The minimum Gasteiger partial charge on any atom is -0.472 e. The Bertz CT molecular complexity index is 909. The molecule has 1 aliphatic carbocycles. The van der Waals surface area contributed by atoms with Gasteiger partial charge in [-0.3, -0.25) is 0 Å². The summed E-state index contributed by atoms with van der Waals surface area (Å²) in [5.41, 5.74) is 3.08. The van der Waals surface area contributed by atoms with Crippen molar-refractivity contribution in [1.29, 1.82) is 5.26 Å². The van der Waals surface area contributed by atoms with Gasteiger partial charge in [0.1, 0.15) is 17.8 Å². The van der Waals surface area contributed by atoms with Gasteiger partial charge in [-0.15, -0.1) is 11.3 Å². The Hall–Kier alpha value is -2.45. The fourth-order valence-corrected chi connectivity index (χ4v) is 4.39. The summed E-state index contributed by atoms with van der Waals surface area (Å²) in [6.45, 7) is 0.447. The molecule has 4 rings (SSSR count). The third-order valence-corrected chi connectivity index (χ3v) is 5.62. The summed E-state index contributed by atoms with van der Waals surface area (Å²) >= 11 is 1.79. The summed E-state index contributed by atoms with van der Waals surface area (Å²) in [6.07, 6.45) is 7.60. The number of rotatable bonds is 3. The van der Waals surface area contributed by atoms with Crippen molar-refractivity contribution in [2.45, 2.75) is 38.7 Å². The minimum absolute atomic E-state index is 0.447. The van der Waals surface area contributed by atoms with Gasteiger partial charge in [-0.05, 0) is 48.9 Å². The van der Waals surface area contributed by atoms with Gasteiger partial charge in [0.05, 0.1) is 17.0 Å². The van der Waals surface area contributed by atoms with Gasteiger partial charge in [-0.2, -0.15) is 5.26 Å². The first-order valence-electron chi connectivity index (χ1n) is 8.22. The highest BCUT2D eigenvalue weighted by molar-refractivity contribution is 7.18. The number of benzene rings is 1. The van der Waals surface area contributed by atoms with Gasteiger partial charge < -0.3 is 4.74 Å². The fourth-order valence-electron chi connectivity index (χ4n) is 3.17. The van der Waals surface area contributed by atoms with Gasteiger partial charge in [0.15, 0.2) is 0 Å². The summed E-state index contributed by atoms with van der Waals surface area (Å²) in [5, 5.41) is 9.97. The van der Waals surface area contributed by atoms with Crippen LogP contribution in [0.4, 0.5) is 0 Å². The van der Waals surface area contributed by atoms with E-state index in [1.54, 1.807) is 17.7 Å². The summed E-state index contributed by atoms with van der Waals surface area (Å²) in [5.74, 6) is 0.684. The van der Waals surface area contributed by atoms with Crippen molar-refractivity contribution in [2.24, 2.45) is 0 Å². The van der Waals surface area contributed by atoms with E-state index in [9.17, 15) is 0 Å². The van der Waals surface area contributed by atoms with Crippen molar-refractivity contribution < 1.29 is 4.74 Å². The van der Waals surface area contributed by atoms with Crippen LogP contribution in [0.3, 0.4) is 0 Å². The molecule has 120 valence electrons. The maximum Gasteiger partial charge on any atom is 0.225 e. The number of ether oxygens (including phenoxy) is 1. The van der Waals surface area contributed by atoms with E-state index < -0.39 is 0 Å². The molecule has 0 N–H and O–H groups in total. The van der Waals surface area contributed by atoms with Crippen LogP contribution in [0.25, 0.3) is 10.2 Å². The summed E-state index contributed by atoms with van der Waals surface area (Å²) in [4.78, 5) is 11.3. The molecular formula is C19H17N3OS. The first kappa shape index (κ1) is 15.1. The molecule has 0 fully saturated rings. The van der Waals surface area contributed by atoms with E-state index in [1.807, 2.05) is 24.3 Å². The molecule has 0 radical (unpaired) electrons. The van der Waals surface area contributed by atoms with Crippen LogP contribution in [0.15, 0.2) is 30.6 Å². The van der Waals surface area contributed by atoms with E-state index in [1.165, 1.54) is 29.7 Å². The van der Waals surface area contributed by atoms with Gasteiger partial charge in [-0.25, -0.2) is 9.97 Å². The zero-order valence-corrected chi connectivity index (χ0v) is 14.1. The Morgan fingerprint density at radius 2 is 1.92 bits per heavy atom. The first-order chi connectivity index (χ1) is 11.8. The zero-order chi connectivity index (χ0) is 16.4. The molecule has 0 saturated heterocycles. The predicted molar refractivity (Wildman–Crippen MR) is 94.2 cm³/mol. The molecule has 0 spiro atoms. The zero-order valence-electron chi connectivity index (χ0n) is 13.3. The number of aryl methyl sites for hydroxylation is 2. The monoisotopic (exact) mass is 335 g/mol. The molecule has 0 saturated carbocycles. The molecule has 4 nitrogen and oxygen atoms in total. The lowest BCUT2D eigenvalue weighted by molar-refractivity contribution is 0.297. The third kappa shape index (κ3) is 2.85. The maximum absolute atomic E-state index is 8.87. The number of hydrogen-bond donors (Lipinski definition) is 0. The molecule has 2 aromatic heterocycles. The maximum atomic E-state index is 8.87. The van der Waals surface area contributed by atoms with Crippen molar-refractivity contribution in [2.75, 3.05) is 0 Å². The average Bonchev–Trinajstić information content (AvgIpc) is 2.82. The van der Waals surface area contributed by atoms with Crippen molar-refractivity contribution in [1.82, 2.24) is 9.97 Å². The van der Waals surface area contributed by atoms with Gasteiger partial charge >= 0.3 is 0 Å². The SMILES string of the molecule is N#Cc1ccc(COc2ncnc3sc4c(c23)CCCCC4)cc1. The second kappa shape index (κ2) is 6.58. The van der Waals surface area contributed by atoms with Crippen LogP contribution in [-0.4, -0.2) is 9.97 Å². The Kier molecular flexibility index (Phi) is 4.14. The van der Waals surface area contributed by atoms with Crippen molar-refractivity contribution in [3.63, 3.8) is 0 Å². The molecule has 3 aromatic rings. The largest absolute Gasteiger partial charge is 0.472 e. The first-order valence-corrected chi connectivity index (χ1v) is 9.04. The Balaban J connectivity index is 1.63. The molecule has 1 aliphatic rings. The lowest BCUT2D eigenvalue weighted by Gasteiger charge is -2.08. The van der Waals surface area contributed by atoms with E-state index in [2.05, 4.69) is 16.0 Å². The third-order valence-electron chi connectivity index (χ3n) is 4.43. The Morgan fingerprint density at radius 1 is 1.08 bits per heavy atom. The smallest absolute Gasteiger partial charge is 0.225 e. The van der Waals surface area contributed by atoms with Crippen molar-refractivity contribution in [3.8, 4) is 11.9 Å². The molecular weight excluding hydrogens is 318 g/mol. The molecule has 2 heterocycles. The molecule has 0 atom stereocenters. The van der Waals surface area contributed by atoms with E-state index in [-0.39, 0.29) is 0 Å². The van der Waals surface area contributed by atoms with Crippen LogP contribution in [0, 0.1) is 11.3 Å². The molecule has 1 aromatic carbocycles. The van der Waals surface area contributed by atoms with E-state index in [4.69, 9.17) is 10.00 Å². The normalized spacial score (nSPS) is 14.0. The number of thiophene rings is 1. The van der Waals surface area contributed by atoms with Crippen LogP contribution in [0.5, 0.6) is 5.88 Å². The lowest BCUT2D eigenvalue weighted by atomic mass is 10.1. The summed E-state index contributed by atoms with van der Waals surface area (Å²) in [7, 11) is 0. The molecule has 5 heteroatoms. The van der Waals surface area contributed by atoms with E-state index >= 15 is 0 Å². The minimum atomic E-state index is 0.447. The highest BCUT2D eigenvalue weighted by Crippen LogP contribution is 2.38. The topological polar surface area (TPSA) is 58.8 Å². The fraction of sp³-hybridized carbons (Fsp3) is 0.316. The second-order valence-corrected chi connectivity index (χ2v) is 7.10. The Labute approximate surface area is 144 Å². The highest BCUT2D eigenvalue weighted by atomic mass is 32.1. The molecule has 0 aliphatic heterocycles. The predicted octanol–water partition coefficient (Wildman–Crippen LogP) is 4.41. The van der Waals surface area contributed by atoms with Gasteiger partial charge in [0.2, 0.25) is 5.88 Å². The van der Waals surface area contributed by atoms with Gasteiger partial charge in [0.25, 0.3) is 0 Å². The van der Waals surface area contributed by atoms with E-state index in [0.717, 1.165) is 28.6 Å². The van der Waals surface area contributed by atoms with Crippen LogP contribution in [-0.2, 0) is 19.4 Å². The van der Waals surface area contributed by atoms with Crippen LogP contribution < -0.4 is 4.74 Å². The Morgan fingerprint density at radius 3 is 2.75 bits per heavy atom. The van der Waals surface area contributed by atoms with Crippen molar-refractivity contribution >= 4 is 21.6 Å². The molecule has 24 heavy (non-hydrogen) atoms. The van der Waals surface area contributed by atoms with Crippen LogP contribution in [0.2, 0.25) is 0 Å². The number of hydrogen-bond acceptors (Lipinski definition) is 5. The standard InChI is InChI=1S/C19H17N3OS/c20-10-13-6-8-14(9-7-13)11-23-18-17-15-4-2-1-3-5-16(15)24-19(17)22-12-21-18/h6-9,12H,1-5,11H2. The molecule has 0 amide bonds. The van der Waals surface area contributed by atoms with Gasteiger partial charge in [0, 0.05) is 4.88 Å². The number of nitriles is 1. The van der Waals surface area contributed by atoms with Crippen molar-refractivity contribution in [3.05, 3.63) is 52.2 Å².